The highest BCUT2D eigenvalue weighted by molar-refractivity contribution is 5.57. The average molecular weight is 248 g/mol. The van der Waals surface area contributed by atoms with E-state index in [1.807, 2.05) is 0 Å². The molecule has 2 heteroatoms. The Kier molecular flexibility index (Phi) is 4.73. The summed E-state index contributed by atoms with van der Waals surface area (Å²) in [4.78, 5) is 0. The van der Waals surface area contributed by atoms with E-state index in [0.29, 0.717) is 0 Å². The summed E-state index contributed by atoms with van der Waals surface area (Å²) in [6.07, 6.45) is 0. The topological polar surface area (TPSA) is 0 Å². The smallest absolute Gasteiger partial charge is 0.137 e. The molecule has 0 atom stereocenters. The molecule has 0 unspecified atom stereocenters. The standard InChI is InChI=1S/C15H18N.ClH/c1-3-16(2,14-10-6-4-7-11-14)15-12-8-5-9-13-15;/h4-13H,3H2,1-2H3;1H/q+1;/p-1. The molecule has 1 nitrogen and oxygen atoms in total. The fourth-order valence-corrected chi connectivity index (χ4v) is 2.03. The first-order valence-electron chi connectivity index (χ1n) is 5.74. The first-order chi connectivity index (χ1) is 7.77. The van der Waals surface area contributed by atoms with Gasteiger partial charge in [-0.2, -0.15) is 0 Å². The summed E-state index contributed by atoms with van der Waals surface area (Å²) >= 11 is 0. The van der Waals surface area contributed by atoms with Gasteiger partial charge in [0.15, 0.2) is 0 Å². The van der Waals surface area contributed by atoms with E-state index >= 15 is 0 Å². The molecule has 0 fully saturated rings. The average Bonchev–Trinajstić information content (AvgIpc) is 2.40. The summed E-state index contributed by atoms with van der Waals surface area (Å²) in [5, 5.41) is 0. The third-order valence-electron chi connectivity index (χ3n) is 3.28. The van der Waals surface area contributed by atoms with Crippen molar-refractivity contribution >= 4 is 11.4 Å². The number of para-hydroxylation sites is 2. The summed E-state index contributed by atoms with van der Waals surface area (Å²) in [5.74, 6) is 0. The predicted octanol–water partition coefficient (Wildman–Crippen LogP) is 0.979. The van der Waals surface area contributed by atoms with Crippen LogP contribution in [0.15, 0.2) is 60.7 Å². The van der Waals surface area contributed by atoms with E-state index in [0.717, 1.165) is 11.0 Å². The minimum atomic E-state index is 0. The van der Waals surface area contributed by atoms with Crippen molar-refractivity contribution in [2.45, 2.75) is 6.92 Å². The van der Waals surface area contributed by atoms with Gasteiger partial charge in [0.1, 0.15) is 11.4 Å². The second kappa shape index (κ2) is 5.85. The molecule has 0 amide bonds. The van der Waals surface area contributed by atoms with Gasteiger partial charge < -0.3 is 12.4 Å². The molecule has 2 aromatic carbocycles. The summed E-state index contributed by atoms with van der Waals surface area (Å²) in [6.45, 7) is 3.27. The van der Waals surface area contributed by atoms with Crippen molar-refractivity contribution in [3.63, 3.8) is 0 Å². The number of hydrogen-bond donors (Lipinski definition) is 0. The molecule has 0 aliphatic carbocycles. The van der Waals surface area contributed by atoms with Gasteiger partial charge >= 0.3 is 0 Å². The molecule has 0 aromatic heterocycles. The molecular weight excluding hydrogens is 230 g/mol. The number of nitrogens with zero attached hydrogens (tertiary/aromatic N) is 1. The van der Waals surface area contributed by atoms with E-state index in [4.69, 9.17) is 0 Å². The third-order valence-corrected chi connectivity index (χ3v) is 3.28. The van der Waals surface area contributed by atoms with Crippen molar-refractivity contribution in [3.05, 3.63) is 60.7 Å². The molecule has 0 N–H and O–H groups in total. The highest BCUT2D eigenvalue weighted by atomic mass is 35.5. The zero-order valence-electron chi connectivity index (χ0n) is 10.3. The Hall–Kier alpha value is -1.31. The SMILES string of the molecule is CC[N+](C)(c1ccccc1)c1ccccc1.[Cl-]. The molecule has 0 radical (unpaired) electrons. The van der Waals surface area contributed by atoms with E-state index in [9.17, 15) is 0 Å². The van der Waals surface area contributed by atoms with Crippen molar-refractivity contribution in [1.29, 1.82) is 0 Å². The molecule has 17 heavy (non-hydrogen) atoms. The summed E-state index contributed by atoms with van der Waals surface area (Å²) in [5.41, 5.74) is 2.66. The van der Waals surface area contributed by atoms with Crippen molar-refractivity contribution in [3.8, 4) is 0 Å². The number of hydrogen-bond acceptors (Lipinski definition) is 0. The first kappa shape index (κ1) is 13.8. The number of rotatable bonds is 3. The fraction of sp³-hybridized carbons (Fsp3) is 0.200. The van der Waals surface area contributed by atoms with E-state index in [1.165, 1.54) is 11.4 Å². The van der Waals surface area contributed by atoms with Gasteiger partial charge in [0.25, 0.3) is 0 Å². The lowest BCUT2D eigenvalue weighted by Crippen LogP contribution is -3.00. The van der Waals surface area contributed by atoms with Crippen LogP contribution >= 0.6 is 0 Å². The van der Waals surface area contributed by atoms with Gasteiger partial charge in [0.2, 0.25) is 0 Å². The molecule has 2 rings (SSSR count). The molecule has 0 bridgehead atoms. The maximum atomic E-state index is 2.25. The monoisotopic (exact) mass is 247 g/mol. The normalized spacial score (nSPS) is 10.7. The lowest BCUT2D eigenvalue weighted by Gasteiger charge is -2.32. The predicted molar refractivity (Wildman–Crippen MR) is 70.8 cm³/mol. The van der Waals surface area contributed by atoms with Crippen LogP contribution < -0.4 is 16.9 Å². The molecule has 0 heterocycles. The van der Waals surface area contributed by atoms with Crippen LogP contribution in [-0.2, 0) is 0 Å². The Bertz CT molecular complexity index is 399. The largest absolute Gasteiger partial charge is 1.00 e. The lowest BCUT2D eigenvalue weighted by atomic mass is 10.2. The van der Waals surface area contributed by atoms with Gasteiger partial charge in [-0.15, -0.1) is 0 Å². The van der Waals surface area contributed by atoms with Crippen molar-refractivity contribution in [2.24, 2.45) is 0 Å². The molecule has 0 saturated heterocycles. The Balaban J connectivity index is 0.00000144. The van der Waals surface area contributed by atoms with Gasteiger partial charge in [-0.25, -0.2) is 0 Å². The first-order valence-corrected chi connectivity index (χ1v) is 5.74. The zero-order chi connectivity index (χ0) is 11.4. The van der Waals surface area contributed by atoms with Crippen LogP contribution in [0, 0.1) is 0 Å². The lowest BCUT2D eigenvalue weighted by molar-refractivity contribution is -0.00000327. The summed E-state index contributed by atoms with van der Waals surface area (Å²) in [6, 6.07) is 21.3. The van der Waals surface area contributed by atoms with Gasteiger partial charge in [-0.3, -0.25) is 4.48 Å². The Morgan fingerprint density at radius 2 is 1.12 bits per heavy atom. The van der Waals surface area contributed by atoms with E-state index in [2.05, 4.69) is 74.6 Å². The minimum Gasteiger partial charge on any atom is -1.00 e. The molecule has 0 saturated carbocycles. The summed E-state index contributed by atoms with van der Waals surface area (Å²) < 4.78 is 0.849. The van der Waals surface area contributed by atoms with Crippen molar-refractivity contribution in [1.82, 2.24) is 4.48 Å². The maximum Gasteiger partial charge on any atom is 0.137 e. The summed E-state index contributed by atoms with van der Waals surface area (Å²) in [7, 11) is 2.25. The number of quaternary nitrogens is 1. The van der Waals surface area contributed by atoms with E-state index < -0.39 is 0 Å². The number of benzene rings is 2. The molecule has 90 valence electrons. The van der Waals surface area contributed by atoms with E-state index in [-0.39, 0.29) is 12.4 Å². The van der Waals surface area contributed by atoms with Crippen LogP contribution in [0.1, 0.15) is 6.92 Å². The molecular formula is C15H18ClN. The van der Waals surface area contributed by atoms with Gasteiger partial charge in [0.05, 0.1) is 13.6 Å². The van der Waals surface area contributed by atoms with E-state index in [1.54, 1.807) is 0 Å². The van der Waals surface area contributed by atoms with Crippen LogP contribution in [0.2, 0.25) is 0 Å². The highest BCUT2D eigenvalue weighted by Crippen LogP contribution is 2.31. The van der Waals surface area contributed by atoms with Crippen molar-refractivity contribution in [2.75, 3.05) is 13.6 Å². The van der Waals surface area contributed by atoms with Gasteiger partial charge in [0, 0.05) is 0 Å². The second-order valence-electron chi connectivity index (χ2n) is 4.18. The molecule has 0 aliphatic rings. The van der Waals surface area contributed by atoms with Crippen LogP contribution in [0.4, 0.5) is 11.4 Å². The van der Waals surface area contributed by atoms with Crippen LogP contribution in [0.3, 0.4) is 0 Å². The minimum absolute atomic E-state index is 0. The van der Waals surface area contributed by atoms with Gasteiger partial charge in [-0.1, -0.05) is 36.4 Å². The van der Waals surface area contributed by atoms with Crippen LogP contribution in [0.5, 0.6) is 0 Å². The van der Waals surface area contributed by atoms with Crippen molar-refractivity contribution < 1.29 is 12.4 Å². The fourth-order valence-electron chi connectivity index (χ4n) is 2.03. The molecule has 0 aliphatic heterocycles. The zero-order valence-corrected chi connectivity index (χ0v) is 11.1. The van der Waals surface area contributed by atoms with Crippen LogP contribution in [0.25, 0.3) is 0 Å². The Morgan fingerprint density at radius 1 is 0.765 bits per heavy atom. The Morgan fingerprint density at radius 3 is 1.41 bits per heavy atom. The second-order valence-corrected chi connectivity index (χ2v) is 4.18. The molecule has 2 aromatic rings. The molecule has 0 spiro atoms. The number of halogens is 1. The quantitative estimate of drug-likeness (QED) is 0.710. The highest BCUT2D eigenvalue weighted by Gasteiger charge is 2.24. The maximum absolute atomic E-state index is 2.25. The third kappa shape index (κ3) is 2.68. The van der Waals surface area contributed by atoms with Gasteiger partial charge in [-0.05, 0) is 31.2 Å². The van der Waals surface area contributed by atoms with Crippen LogP contribution in [-0.4, -0.2) is 13.6 Å². The Labute approximate surface area is 110 Å².